The first-order chi connectivity index (χ1) is 28.0. The van der Waals surface area contributed by atoms with Crippen LogP contribution in [0, 0.1) is 23.2 Å². The van der Waals surface area contributed by atoms with Crippen LogP contribution in [0.4, 0.5) is 0 Å². The van der Waals surface area contributed by atoms with Crippen LogP contribution in [0.2, 0.25) is 0 Å². The van der Waals surface area contributed by atoms with Gasteiger partial charge in [-0.25, -0.2) is 0 Å². The van der Waals surface area contributed by atoms with Gasteiger partial charge >= 0.3 is 0 Å². The van der Waals surface area contributed by atoms with E-state index >= 15 is 0 Å². The van der Waals surface area contributed by atoms with Gasteiger partial charge in [-0.3, -0.25) is 48.6 Å². The predicted octanol–water partition coefficient (Wildman–Crippen LogP) is -2.95. The number of carbonyl (C=O) groups is 9. The Morgan fingerprint density at radius 2 is 0.900 bits per heavy atom. The SMILES string of the molecule is CC(C)C[C@H](NC(=O)[C@H](CC(C)C)NC(=O)[C@@H](CCCCN)NC(=O)[C@H](CCCNC(=N)N)NC(=O)[C@H](C)NC(=O)[C@H](CCC(N)=O)NC(=O)[C@@H](C)CCC(N)=O)C(N)=O. The number of rotatable bonds is 31. The molecule has 0 unspecified atom stereocenters. The fraction of sp³-hybridized carbons (Fsp3) is 0.737. The molecule has 22 nitrogen and oxygen atoms in total. The first-order valence-electron chi connectivity index (χ1n) is 20.4. The maximum Gasteiger partial charge on any atom is 0.243 e. The zero-order valence-corrected chi connectivity index (χ0v) is 35.9. The third-order valence-corrected chi connectivity index (χ3v) is 9.24. The summed E-state index contributed by atoms with van der Waals surface area (Å²) >= 11 is 0. The van der Waals surface area contributed by atoms with E-state index in [1.54, 1.807) is 0 Å². The summed E-state index contributed by atoms with van der Waals surface area (Å²) in [6.07, 6.45) is 1.26. The van der Waals surface area contributed by atoms with E-state index in [-0.39, 0.29) is 82.1 Å². The highest BCUT2D eigenvalue weighted by Gasteiger charge is 2.33. The summed E-state index contributed by atoms with van der Waals surface area (Å²) in [7, 11) is 0. The average molecular weight is 854 g/mol. The number of primary amides is 3. The molecule has 0 bridgehead atoms. The Bertz CT molecular complexity index is 1480. The summed E-state index contributed by atoms with van der Waals surface area (Å²) in [5.41, 5.74) is 27.1. The fourth-order valence-corrected chi connectivity index (χ4v) is 5.83. The lowest BCUT2D eigenvalue weighted by Gasteiger charge is -2.28. The van der Waals surface area contributed by atoms with Crippen molar-refractivity contribution in [2.45, 2.75) is 148 Å². The number of carbonyl (C=O) groups excluding carboxylic acids is 9. The largest absolute Gasteiger partial charge is 0.370 e. The second-order valence-electron chi connectivity index (χ2n) is 15.9. The van der Waals surface area contributed by atoms with Gasteiger partial charge in [-0.1, -0.05) is 34.6 Å². The number of hydrogen-bond donors (Lipinski definition) is 13. The molecule has 0 aliphatic heterocycles. The van der Waals surface area contributed by atoms with E-state index in [0.717, 1.165) is 0 Å². The Balaban J connectivity index is 6.30. The Labute approximate surface area is 352 Å². The summed E-state index contributed by atoms with van der Waals surface area (Å²) in [6, 6.07) is -7.12. The number of guanidine groups is 1. The molecule has 22 heteroatoms. The molecule has 0 radical (unpaired) electrons. The van der Waals surface area contributed by atoms with Crippen LogP contribution in [0.3, 0.4) is 0 Å². The molecule has 9 amide bonds. The molecule has 7 atom stereocenters. The summed E-state index contributed by atoms with van der Waals surface area (Å²) in [6.45, 7) is 10.7. The molecule has 0 fully saturated rings. The molecule has 0 aliphatic rings. The number of hydrogen-bond acceptors (Lipinski definition) is 11. The summed E-state index contributed by atoms with van der Waals surface area (Å²) in [5.74, 6) is -7.50. The van der Waals surface area contributed by atoms with Gasteiger partial charge in [0.1, 0.15) is 36.3 Å². The quantitative estimate of drug-likeness (QED) is 0.0189. The van der Waals surface area contributed by atoms with Crippen LogP contribution < -0.4 is 65.9 Å². The van der Waals surface area contributed by atoms with Crippen molar-refractivity contribution in [3.8, 4) is 0 Å². The van der Waals surface area contributed by atoms with Gasteiger partial charge in [-0.15, -0.1) is 0 Å². The highest BCUT2D eigenvalue weighted by molar-refractivity contribution is 5.97. The second-order valence-corrected chi connectivity index (χ2v) is 15.9. The molecule has 0 saturated heterocycles. The van der Waals surface area contributed by atoms with Crippen molar-refractivity contribution < 1.29 is 43.2 Å². The van der Waals surface area contributed by atoms with Gasteiger partial charge in [0.2, 0.25) is 53.2 Å². The number of nitrogens with one attached hydrogen (secondary N) is 8. The first-order valence-corrected chi connectivity index (χ1v) is 20.4. The van der Waals surface area contributed by atoms with E-state index in [0.29, 0.717) is 19.4 Å². The standard InChI is InChI=1S/C38H71N13O9/c1-20(2)18-27(31(42)54)50-37(60)28(19-21(3)4)51-36(59)24(10-7-8-16-39)49-35(58)25(11-9-17-45-38(43)44)48-33(56)23(6)46-34(57)26(13-15-30(41)53)47-32(55)22(5)12-14-29(40)52/h20-28H,7-19,39H2,1-6H3,(H2,40,52)(H2,41,53)(H2,42,54)(H,46,57)(H,47,55)(H,48,56)(H,49,58)(H,50,60)(H,51,59)(H4,43,44,45)/t22-,23-,24+,25-,26-,27-,28-/m0/s1. The van der Waals surface area contributed by atoms with Crippen molar-refractivity contribution in [1.82, 2.24) is 37.2 Å². The zero-order chi connectivity index (χ0) is 46.1. The minimum atomic E-state index is -1.29. The highest BCUT2D eigenvalue weighted by Crippen LogP contribution is 2.12. The van der Waals surface area contributed by atoms with Crippen LogP contribution >= 0.6 is 0 Å². The van der Waals surface area contributed by atoms with Gasteiger partial charge in [-0.2, -0.15) is 0 Å². The first kappa shape index (κ1) is 54.5. The van der Waals surface area contributed by atoms with Crippen molar-refractivity contribution >= 4 is 59.1 Å². The predicted molar refractivity (Wildman–Crippen MR) is 223 cm³/mol. The van der Waals surface area contributed by atoms with E-state index in [1.165, 1.54) is 13.8 Å². The minimum absolute atomic E-state index is 0.0150. The van der Waals surface area contributed by atoms with Crippen LogP contribution in [0.1, 0.15) is 112 Å². The Kier molecular flexibility index (Phi) is 26.2. The monoisotopic (exact) mass is 854 g/mol. The number of nitrogens with two attached hydrogens (primary N) is 5. The molecule has 0 heterocycles. The topological polar surface area (TPSA) is 392 Å². The van der Waals surface area contributed by atoms with Crippen molar-refractivity contribution in [1.29, 1.82) is 5.41 Å². The number of amides is 9. The molecule has 342 valence electrons. The molecule has 0 rings (SSSR count). The molecular formula is C38H71N13O9. The maximum absolute atomic E-state index is 13.9. The smallest absolute Gasteiger partial charge is 0.243 e. The van der Waals surface area contributed by atoms with E-state index in [9.17, 15) is 43.2 Å². The summed E-state index contributed by atoms with van der Waals surface area (Å²) in [4.78, 5) is 116. The van der Waals surface area contributed by atoms with Gasteiger partial charge in [-0.05, 0) is 83.1 Å². The lowest BCUT2D eigenvalue weighted by atomic mass is 9.99. The third kappa shape index (κ3) is 23.8. The molecule has 0 saturated carbocycles. The minimum Gasteiger partial charge on any atom is -0.370 e. The van der Waals surface area contributed by atoms with Crippen molar-refractivity contribution in [3.63, 3.8) is 0 Å². The van der Waals surface area contributed by atoms with E-state index in [1.807, 2.05) is 27.7 Å². The van der Waals surface area contributed by atoms with Crippen molar-refractivity contribution in [2.75, 3.05) is 13.1 Å². The Morgan fingerprint density at radius 3 is 1.40 bits per heavy atom. The molecular weight excluding hydrogens is 782 g/mol. The lowest BCUT2D eigenvalue weighted by Crippen LogP contribution is -2.59. The molecule has 18 N–H and O–H groups in total. The lowest BCUT2D eigenvalue weighted by molar-refractivity contribution is -0.135. The van der Waals surface area contributed by atoms with Crippen LogP contribution in [-0.4, -0.2) is 108 Å². The molecule has 0 aliphatic carbocycles. The molecule has 0 spiro atoms. The Hall–Kier alpha value is -5.54. The fourth-order valence-electron chi connectivity index (χ4n) is 5.83. The van der Waals surface area contributed by atoms with Crippen molar-refractivity contribution in [3.05, 3.63) is 0 Å². The van der Waals surface area contributed by atoms with Gasteiger partial charge in [0.15, 0.2) is 5.96 Å². The van der Waals surface area contributed by atoms with E-state index < -0.39 is 95.3 Å². The van der Waals surface area contributed by atoms with E-state index in [2.05, 4.69) is 37.2 Å². The van der Waals surface area contributed by atoms with Crippen LogP contribution in [0.15, 0.2) is 0 Å². The van der Waals surface area contributed by atoms with Crippen LogP contribution in [0.5, 0.6) is 0 Å². The molecule has 60 heavy (non-hydrogen) atoms. The summed E-state index contributed by atoms with van der Waals surface area (Å²) in [5, 5.41) is 25.6. The number of unbranched alkanes of at least 4 members (excludes halogenated alkanes) is 1. The van der Waals surface area contributed by atoms with Gasteiger partial charge in [0.25, 0.3) is 0 Å². The van der Waals surface area contributed by atoms with Gasteiger partial charge in [0, 0.05) is 25.3 Å². The Morgan fingerprint density at radius 1 is 0.483 bits per heavy atom. The van der Waals surface area contributed by atoms with Gasteiger partial charge in [0.05, 0.1) is 0 Å². The van der Waals surface area contributed by atoms with Crippen LogP contribution in [-0.2, 0) is 43.2 Å². The molecule has 0 aromatic rings. The normalized spacial score (nSPS) is 14.6. The second kappa shape index (κ2) is 28.8. The average Bonchev–Trinajstić information content (AvgIpc) is 3.14. The summed E-state index contributed by atoms with van der Waals surface area (Å²) < 4.78 is 0. The van der Waals surface area contributed by atoms with Crippen molar-refractivity contribution in [2.24, 2.45) is 46.4 Å². The zero-order valence-electron chi connectivity index (χ0n) is 35.9. The highest BCUT2D eigenvalue weighted by atomic mass is 16.2. The molecule has 0 aromatic carbocycles. The van der Waals surface area contributed by atoms with Gasteiger partial charge < -0.3 is 65.9 Å². The molecule has 0 aromatic heterocycles. The van der Waals surface area contributed by atoms with Crippen LogP contribution in [0.25, 0.3) is 0 Å². The maximum atomic E-state index is 13.9. The third-order valence-electron chi connectivity index (χ3n) is 9.24. The van der Waals surface area contributed by atoms with E-state index in [4.69, 9.17) is 34.1 Å².